The van der Waals surface area contributed by atoms with Gasteiger partial charge < -0.3 is 10.5 Å². The molecule has 0 fully saturated rings. The highest BCUT2D eigenvalue weighted by Gasteiger charge is 2.18. The van der Waals surface area contributed by atoms with Gasteiger partial charge in [-0.15, -0.1) is 0 Å². The van der Waals surface area contributed by atoms with Gasteiger partial charge in [-0.05, 0) is 33.6 Å². The Kier molecular flexibility index (Phi) is 5.87. The lowest BCUT2D eigenvalue weighted by atomic mass is 10.1. The number of anilines is 1. The molecule has 1 aromatic rings. The van der Waals surface area contributed by atoms with Gasteiger partial charge in [0.15, 0.2) is 0 Å². The number of nitrogen functional groups attached to an aromatic ring is 1. The molecule has 0 aliphatic carbocycles. The average Bonchev–Trinajstić information content (AvgIpc) is 2.60. The molecule has 116 valence electrons. The largest absolute Gasteiger partial charge is 0.475 e. The van der Waals surface area contributed by atoms with E-state index in [1.807, 2.05) is 7.05 Å². The summed E-state index contributed by atoms with van der Waals surface area (Å²) < 4.78 is 7.60. The minimum atomic E-state index is 0.307. The lowest BCUT2D eigenvalue weighted by Crippen LogP contribution is -2.39. The first kappa shape index (κ1) is 16.8. The van der Waals surface area contributed by atoms with Gasteiger partial charge in [0.1, 0.15) is 12.3 Å². The fourth-order valence-corrected chi connectivity index (χ4v) is 2.50. The minimum absolute atomic E-state index is 0.307. The van der Waals surface area contributed by atoms with Crippen LogP contribution in [0.15, 0.2) is 0 Å². The highest BCUT2D eigenvalue weighted by molar-refractivity contribution is 5.54. The second kappa shape index (κ2) is 6.97. The summed E-state index contributed by atoms with van der Waals surface area (Å²) in [7, 11) is 1.88. The van der Waals surface area contributed by atoms with Gasteiger partial charge >= 0.3 is 0 Å². The van der Waals surface area contributed by atoms with Crippen LogP contribution in [0.1, 0.15) is 53.2 Å². The van der Waals surface area contributed by atoms with Crippen LogP contribution < -0.4 is 10.5 Å². The Morgan fingerprint density at radius 2 is 1.70 bits per heavy atom. The first-order valence-electron chi connectivity index (χ1n) is 7.46. The van der Waals surface area contributed by atoms with Crippen molar-refractivity contribution in [3.8, 4) is 5.88 Å². The van der Waals surface area contributed by atoms with Crippen LogP contribution in [0, 0.1) is 0 Å². The summed E-state index contributed by atoms with van der Waals surface area (Å²) in [6.45, 7) is 14.5. The highest BCUT2D eigenvalue weighted by Crippen LogP contribution is 2.29. The SMILES string of the molecule is CC(C)c1nn(C)c(OCCN(C(C)C)C(C)C)c1N. The van der Waals surface area contributed by atoms with E-state index >= 15 is 0 Å². The molecule has 0 saturated carbocycles. The smallest absolute Gasteiger partial charge is 0.235 e. The zero-order valence-corrected chi connectivity index (χ0v) is 14.0. The maximum absolute atomic E-state index is 6.12. The van der Waals surface area contributed by atoms with Crippen molar-refractivity contribution in [2.24, 2.45) is 7.05 Å². The average molecular weight is 282 g/mol. The van der Waals surface area contributed by atoms with Crippen molar-refractivity contribution in [1.29, 1.82) is 0 Å². The van der Waals surface area contributed by atoms with E-state index in [0.717, 1.165) is 12.2 Å². The molecule has 0 atom stereocenters. The topological polar surface area (TPSA) is 56.3 Å². The number of nitrogens with zero attached hydrogens (tertiary/aromatic N) is 3. The monoisotopic (exact) mass is 282 g/mol. The molecular formula is C15H30N4O. The predicted octanol–water partition coefficient (Wildman–Crippen LogP) is 2.62. The van der Waals surface area contributed by atoms with Crippen LogP contribution in [0.2, 0.25) is 0 Å². The normalized spacial score (nSPS) is 12.2. The Balaban J connectivity index is 2.67. The van der Waals surface area contributed by atoms with Crippen molar-refractivity contribution in [3.05, 3.63) is 5.69 Å². The molecule has 0 spiro atoms. The summed E-state index contributed by atoms with van der Waals surface area (Å²) >= 11 is 0. The fourth-order valence-electron chi connectivity index (χ4n) is 2.50. The molecule has 20 heavy (non-hydrogen) atoms. The summed E-state index contributed by atoms with van der Waals surface area (Å²) in [5.41, 5.74) is 7.70. The number of aromatic nitrogens is 2. The van der Waals surface area contributed by atoms with Crippen molar-refractivity contribution < 1.29 is 4.74 Å². The molecule has 5 nitrogen and oxygen atoms in total. The van der Waals surface area contributed by atoms with Gasteiger partial charge in [-0.25, -0.2) is 4.68 Å². The van der Waals surface area contributed by atoms with Crippen molar-refractivity contribution >= 4 is 5.69 Å². The molecule has 2 N–H and O–H groups in total. The molecule has 0 saturated heterocycles. The number of aryl methyl sites for hydroxylation is 1. The van der Waals surface area contributed by atoms with E-state index in [9.17, 15) is 0 Å². The van der Waals surface area contributed by atoms with E-state index in [2.05, 4.69) is 51.5 Å². The second-order valence-electron chi connectivity index (χ2n) is 6.16. The Labute approximate surface area is 123 Å². The first-order chi connectivity index (χ1) is 9.25. The molecular weight excluding hydrogens is 252 g/mol. The van der Waals surface area contributed by atoms with Gasteiger partial charge in [0.2, 0.25) is 5.88 Å². The van der Waals surface area contributed by atoms with Crippen molar-refractivity contribution in [2.75, 3.05) is 18.9 Å². The third-order valence-corrected chi connectivity index (χ3v) is 3.52. The molecule has 0 unspecified atom stereocenters. The van der Waals surface area contributed by atoms with Crippen LogP contribution in [0.4, 0.5) is 5.69 Å². The van der Waals surface area contributed by atoms with E-state index in [0.29, 0.717) is 36.2 Å². The van der Waals surface area contributed by atoms with Crippen LogP contribution in [-0.4, -0.2) is 39.9 Å². The molecule has 0 aliphatic heterocycles. The van der Waals surface area contributed by atoms with Gasteiger partial charge in [-0.2, -0.15) is 5.10 Å². The van der Waals surface area contributed by atoms with Gasteiger partial charge in [-0.3, -0.25) is 4.90 Å². The standard InChI is InChI=1S/C15H30N4O/c1-10(2)14-13(16)15(18(7)17-14)20-9-8-19(11(3)4)12(5)6/h10-12H,8-9,16H2,1-7H3. The summed E-state index contributed by atoms with van der Waals surface area (Å²) in [4.78, 5) is 2.40. The van der Waals surface area contributed by atoms with Crippen molar-refractivity contribution in [2.45, 2.75) is 59.5 Å². The third-order valence-electron chi connectivity index (χ3n) is 3.52. The summed E-state index contributed by atoms with van der Waals surface area (Å²) in [5.74, 6) is 0.988. The van der Waals surface area contributed by atoms with Gasteiger partial charge in [0.25, 0.3) is 0 Å². The first-order valence-corrected chi connectivity index (χ1v) is 7.46. The third kappa shape index (κ3) is 3.88. The number of rotatable bonds is 7. The van der Waals surface area contributed by atoms with E-state index < -0.39 is 0 Å². The van der Waals surface area contributed by atoms with Gasteiger partial charge in [-0.1, -0.05) is 13.8 Å². The molecule has 1 heterocycles. The van der Waals surface area contributed by atoms with Crippen molar-refractivity contribution in [1.82, 2.24) is 14.7 Å². The lowest BCUT2D eigenvalue weighted by Gasteiger charge is -2.30. The quantitative estimate of drug-likeness (QED) is 0.835. The maximum atomic E-state index is 6.12. The Hall–Kier alpha value is -1.23. The van der Waals surface area contributed by atoms with E-state index in [4.69, 9.17) is 10.5 Å². The molecule has 0 bridgehead atoms. The van der Waals surface area contributed by atoms with Crippen LogP contribution in [0.5, 0.6) is 5.88 Å². The minimum Gasteiger partial charge on any atom is -0.475 e. The van der Waals surface area contributed by atoms with Gasteiger partial charge in [0, 0.05) is 25.7 Å². The van der Waals surface area contributed by atoms with E-state index in [1.54, 1.807) is 4.68 Å². The number of nitrogens with two attached hydrogens (primary N) is 1. The van der Waals surface area contributed by atoms with E-state index in [1.165, 1.54) is 0 Å². The predicted molar refractivity (Wildman–Crippen MR) is 84.2 cm³/mol. The van der Waals surface area contributed by atoms with Crippen molar-refractivity contribution in [3.63, 3.8) is 0 Å². The number of hydrogen-bond donors (Lipinski definition) is 1. The van der Waals surface area contributed by atoms with Gasteiger partial charge in [0.05, 0.1) is 5.69 Å². The van der Waals surface area contributed by atoms with E-state index in [-0.39, 0.29) is 0 Å². The summed E-state index contributed by atoms with van der Waals surface area (Å²) in [6.07, 6.45) is 0. The second-order valence-corrected chi connectivity index (χ2v) is 6.16. The molecule has 0 amide bonds. The zero-order valence-electron chi connectivity index (χ0n) is 14.0. The Bertz CT molecular complexity index is 416. The van der Waals surface area contributed by atoms with Crippen LogP contribution in [-0.2, 0) is 7.05 Å². The van der Waals surface area contributed by atoms with Crippen LogP contribution in [0.25, 0.3) is 0 Å². The van der Waals surface area contributed by atoms with Crippen LogP contribution in [0.3, 0.4) is 0 Å². The molecule has 0 radical (unpaired) electrons. The molecule has 0 aliphatic rings. The maximum Gasteiger partial charge on any atom is 0.235 e. The molecule has 0 aromatic carbocycles. The zero-order chi connectivity index (χ0) is 15.4. The Morgan fingerprint density at radius 3 is 2.10 bits per heavy atom. The summed E-state index contributed by atoms with van der Waals surface area (Å²) in [5, 5.41) is 4.43. The Morgan fingerprint density at radius 1 is 1.15 bits per heavy atom. The summed E-state index contributed by atoms with van der Waals surface area (Å²) in [6, 6.07) is 1.02. The fraction of sp³-hybridized carbons (Fsp3) is 0.800. The number of ether oxygens (including phenoxy) is 1. The highest BCUT2D eigenvalue weighted by atomic mass is 16.5. The van der Waals surface area contributed by atoms with Crippen LogP contribution >= 0.6 is 0 Å². The lowest BCUT2D eigenvalue weighted by molar-refractivity contribution is 0.138. The molecule has 1 aromatic heterocycles. The molecule has 1 rings (SSSR count). The number of hydrogen-bond acceptors (Lipinski definition) is 4. The molecule has 5 heteroatoms.